The van der Waals surface area contributed by atoms with Crippen LogP contribution in [0.2, 0.25) is 0 Å². The number of hydrogen-bond donors (Lipinski definition) is 5. The summed E-state index contributed by atoms with van der Waals surface area (Å²) in [4.78, 5) is 17.6. The molecule has 0 unspecified atom stereocenters. The van der Waals surface area contributed by atoms with Crippen molar-refractivity contribution in [1.29, 1.82) is 5.41 Å². The summed E-state index contributed by atoms with van der Waals surface area (Å²) in [5.41, 5.74) is 10.6. The van der Waals surface area contributed by atoms with Gasteiger partial charge in [0.25, 0.3) is 0 Å². The maximum atomic E-state index is 12.7. The van der Waals surface area contributed by atoms with E-state index in [2.05, 4.69) is 17.5 Å². The van der Waals surface area contributed by atoms with Crippen molar-refractivity contribution >= 4 is 23.5 Å². The first-order valence-corrected chi connectivity index (χ1v) is 6.24. The molecular formula is C14H18FN3O4. The fourth-order valence-electron chi connectivity index (χ4n) is 1.70. The number of halogens is 1. The normalized spacial score (nSPS) is 12.8. The van der Waals surface area contributed by atoms with Gasteiger partial charge in [0.2, 0.25) is 0 Å². The van der Waals surface area contributed by atoms with Crippen molar-refractivity contribution in [3.05, 3.63) is 41.7 Å². The summed E-state index contributed by atoms with van der Waals surface area (Å²) in [6, 6.07) is 6.36. The minimum atomic E-state index is -1.33. The van der Waals surface area contributed by atoms with E-state index in [1.807, 2.05) is 0 Å². The van der Waals surface area contributed by atoms with Crippen molar-refractivity contribution in [2.75, 3.05) is 0 Å². The van der Waals surface area contributed by atoms with Gasteiger partial charge in [-0.15, -0.1) is 0 Å². The van der Waals surface area contributed by atoms with Crippen LogP contribution in [0.5, 0.6) is 0 Å². The molecule has 2 amide bonds. The molecule has 0 aromatic heterocycles. The second-order valence-electron chi connectivity index (χ2n) is 4.17. The highest BCUT2D eigenvalue weighted by Gasteiger charge is 2.11. The largest absolute Gasteiger partial charge is 0.465 e. The van der Waals surface area contributed by atoms with Gasteiger partial charge in [-0.05, 0) is 42.5 Å². The molecule has 2 rings (SSSR count). The van der Waals surface area contributed by atoms with E-state index in [0.717, 1.165) is 30.4 Å². The van der Waals surface area contributed by atoms with Crippen LogP contribution >= 0.6 is 0 Å². The Morgan fingerprint density at radius 1 is 1.09 bits per heavy atom. The topological polar surface area (TPSA) is 150 Å². The van der Waals surface area contributed by atoms with Crippen LogP contribution in [0.25, 0.3) is 5.57 Å². The number of amides is 2. The van der Waals surface area contributed by atoms with Gasteiger partial charge in [-0.25, -0.2) is 14.0 Å². The molecule has 7 N–H and O–H groups in total. The standard InChI is InChI=1S/C12H12FN.2CH3NO2/c13-10-7-5-9(6-8-10)11-3-1-2-4-12(11)14;2*2-1(3)4/h3,5-8,14H,1-2,4H2;2*2H2,(H,3,4). The summed E-state index contributed by atoms with van der Waals surface area (Å²) in [6.45, 7) is 0. The summed E-state index contributed by atoms with van der Waals surface area (Å²) in [6.07, 6.45) is 2.32. The molecule has 1 aliphatic rings. The summed E-state index contributed by atoms with van der Waals surface area (Å²) in [5.74, 6) is -0.225. The Bertz CT molecular complexity index is 536. The highest BCUT2D eigenvalue weighted by molar-refractivity contribution is 6.22. The lowest BCUT2D eigenvalue weighted by molar-refractivity contribution is 0.204. The molecule has 0 atom stereocenters. The number of rotatable bonds is 1. The molecular weight excluding hydrogens is 293 g/mol. The number of nitrogens with two attached hydrogens (primary N) is 2. The van der Waals surface area contributed by atoms with Crippen molar-refractivity contribution in [2.24, 2.45) is 11.5 Å². The smallest absolute Gasteiger partial charge is 0.402 e. The van der Waals surface area contributed by atoms with Crippen molar-refractivity contribution in [2.45, 2.75) is 19.3 Å². The van der Waals surface area contributed by atoms with Gasteiger partial charge in [-0.2, -0.15) is 0 Å². The molecule has 0 radical (unpaired) electrons. The van der Waals surface area contributed by atoms with E-state index in [-0.39, 0.29) is 5.82 Å². The number of carbonyl (C=O) groups is 2. The third kappa shape index (κ3) is 9.08. The predicted octanol–water partition coefficient (Wildman–Crippen LogP) is 2.66. The predicted molar refractivity (Wildman–Crippen MR) is 80.4 cm³/mol. The van der Waals surface area contributed by atoms with E-state index < -0.39 is 12.2 Å². The minimum absolute atomic E-state index is 0.225. The maximum Gasteiger partial charge on any atom is 0.402 e. The van der Waals surface area contributed by atoms with Crippen molar-refractivity contribution in [1.82, 2.24) is 0 Å². The Kier molecular flexibility index (Phi) is 8.61. The van der Waals surface area contributed by atoms with Crippen LogP contribution in [0.4, 0.5) is 14.0 Å². The monoisotopic (exact) mass is 311 g/mol. The van der Waals surface area contributed by atoms with E-state index in [4.69, 9.17) is 25.2 Å². The Balaban J connectivity index is 0.000000464. The first-order valence-electron chi connectivity index (χ1n) is 6.24. The maximum absolute atomic E-state index is 12.7. The molecule has 0 bridgehead atoms. The van der Waals surface area contributed by atoms with Crippen molar-refractivity contribution in [3.8, 4) is 0 Å². The molecule has 0 aliphatic heterocycles. The van der Waals surface area contributed by atoms with Crippen LogP contribution in [0.15, 0.2) is 30.3 Å². The molecule has 120 valence electrons. The molecule has 1 aromatic carbocycles. The zero-order valence-corrected chi connectivity index (χ0v) is 11.8. The summed E-state index contributed by atoms with van der Waals surface area (Å²) >= 11 is 0. The SMILES string of the molecule is N=C1CCCC=C1c1ccc(F)cc1.NC(=O)O.NC(=O)O. The Labute approximate surface area is 126 Å². The number of nitrogens with one attached hydrogen (secondary N) is 1. The molecule has 0 fully saturated rings. The number of allylic oxidation sites excluding steroid dienone is 2. The summed E-state index contributed by atoms with van der Waals surface area (Å²) < 4.78 is 12.7. The average molecular weight is 311 g/mol. The van der Waals surface area contributed by atoms with Crippen LogP contribution in [-0.2, 0) is 0 Å². The lowest BCUT2D eigenvalue weighted by Gasteiger charge is -2.14. The van der Waals surface area contributed by atoms with E-state index in [0.29, 0.717) is 5.71 Å². The molecule has 1 aliphatic carbocycles. The Morgan fingerprint density at radius 2 is 1.55 bits per heavy atom. The second-order valence-corrected chi connectivity index (χ2v) is 4.17. The molecule has 0 saturated carbocycles. The fourth-order valence-corrected chi connectivity index (χ4v) is 1.70. The van der Waals surface area contributed by atoms with Crippen LogP contribution in [0.3, 0.4) is 0 Å². The third-order valence-electron chi connectivity index (χ3n) is 2.46. The molecule has 0 saturated heterocycles. The van der Waals surface area contributed by atoms with Gasteiger partial charge in [0.1, 0.15) is 5.82 Å². The second kappa shape index (κ2) is 9.92. The average Bonchev–Trinajstić information content (AvgIpc) is 2.39. The van der Waals surface area contributed by atoms with Crippen molar-refractivity contribution in [3.63, 3.8) is 0 Å². The number of hydrogen-bond acceptors (Lipinski definition) is 3. The molecule has 1 aromatic rings. The van der Waals surface area contributed by atoms with Gasteiger partial charge >= 0.3 is 12.2 Å². The third-order valence-corrected chi connectivity index (χ3v) is 2.46. The van der Waals surface area contributed by atoms with E-state index in [1.54, 1.807) is 12.1 Å². The minimum Gasteiger partial charge on any atom is -0.465 e. The summed E-state index contributed by atoms with van der Waals surface area (Å²) in [7, 11) is 0. The molecule has 22 heavy (non-hydrogen) atoms. The highest BCUT2D eigenvalue weighted by atomic mass is 19.1. The van der Waals surface area contributed by atoms with Gasteiger partial charge in [0.05, 0.1) is 0 Å². The van der Waals surface area contributed by atoms with Crippen LogP contribution in [0.1, 0.15) is 24.8 Å². The number of benzene rings is 1. The molecule has 0 heterocycles. The Hall–Kier alpha value is -2.90. The first-order chi connectivity index (χ1) is 10.2. The number of carboxylic acid groups (broad SMARTS) is 2. The number of primary amides is 2. The van der Waals surface area contributed by atoms with E-state index in [9.17, 15) is 4.39 Å². The van der Waals surface area contributed by atoms with E-state index in [1.165, 1.54) is 12.1 Å². The first kappa shape index (κ1) is 19.1. The zero-order valence-electron chi connectivity index (χ0n) is 11.8. The Morgan fingerprint density at radius 3 is 1.95 bits per heavy atom. The van der Waals surface area contributed by atoms with Crippen LogP contribution < -0.4 is 11.5 Å². The highest BCUT2D eigenvalue weighted by Crippen LogP contribution is 2.23. The molecule has 7 nitrogen and oxygen atoms in total. The quantitative estimate of drug-likeness (QED) is 0.541. The lowest BCUT2D eigenvalue weighted by Crippen LogP contribution is -2.04. The van der Waals surface area contributed by atoms with Gasteiger partial charge < -0.3 is 27.1 Å². The molecule has 0 spiro atoms. The van der Waals surface area contributed by atoms with Crippen molar-refractivity contribution < 1.29 is 24.2 Å². The zero-order chi connectivity index (χ0) is 17.1. The van der Waals surface area contributed by atoms with Gasteiger partial charge in [0.15, 0.2) is 0 Å². The van der Waals surface area contributed by atoms with Gasteiger partial charge in [0, 0.05) is 5.71 Å². The molecule has 8 heteroatoms. The van der Waals surface area contributed by atoms with Gasteiger partial charge in [-0.1, -0.05) is 18.2 Å². The van der Waals surface area contributed by atoms with Gasteiger partial charge in [-0.3, -0.25) is 0 Å². The summed E-state index contributed by atoms with van der Waals surface area (Å²) in [5, 5.41) is 22.2. The fraction of sp³-hybridized carbons (Fsp3) is 0.214. The van der Waals surface area contributed by atoms with E-state index >= 15 is 0 Å². The lowest BCUT2D eigenvalue weighted by atomic mass is 9.92. The van der Waals surface area contributed by atoms with Crippen LogP contribution in [0, 0.1) is 11.2 Å². The van der Waals surface area contributed by atoms with Crippen LogP contribution in [-0.4, -0.2) is 28.1 Å².